The SMILES string of the molecule is CCCS(=O)(=O)NC(=O)c1ccc(-c2ccc(CCNCCc3ccccc3O)cc2)cc1OC(C)C.Cl. The number of hydrogen-bond acceptors (Lipinski definition) is 6. The number of para-hydroxylation sites is 1. The van der Waals surface area contributed by atoms with Crippen LogP contribution in [0.1, 0.15) is 48.7 Å². The van der Waals surface area contributed by atoms with Gasteiger partial charge >= 0.3 is 0 Å². The lowest BCUT2D eigenvalue weighted by Gasteiger charge is -2.16. The molecule has 3 aromatic rings. The van der Waals surface area contributed by atoms with Crippen molar-refractivity contribution < 1.29 is 23.1 Å². The quantitative estimate of drug-likeness (QED) is 0.251. The number of phenolic OH excluding ortho intramolecular Hbond substituents is 1. The fraction of sp³-hybridized carbons (Fsp3) is 0.345. The monoisotopic (exact) mass is 560 g/mol. The number of amides is 1. The van der Waals surface area contributed by atoms with Gasteiger partial charge in [-0.3, -0.25) is 4.79 Å². The summed E-state index contributed by atoms with van der Waals surface area (Å²) in [5.74, 6) is -0.136. The Morgan fingerprint density at radius 3 is 2.26 bits per heavy atom. The zero-order valence-electron chi connectivity index (χ0n) is 22.1. The summed E-state index contributed by atoms with van der Waals surface area (Å²) in [5, 5.41) is 13.3. The highest BCUT2D eigenvalue weighted by Crippen LogP contribution is 2.29. The van der Waals surface area contributed by atoms with Gasteiger partial charge in [0.15, 0.2) is 0 Å². The zero-order chi connectivity index (χ0) is 26.8. The lowest BCUT2D eigenvalue weighted by Crippen LogP contribution is -2.32. The van der Waals surface area contributed by atoms with Crippen molar-refractivity contribution in [1.29, 1.82) is 0 Å². The standard InChI is InChI=1S/C29H36N2O5S.ClH/c1-4-19-37(34,35)31-29(33)26-14-13-25(20-28(26)36-21(2)3)23-11-9-22(10-12-23)15-17-30-18-16-24-7-5-6-8-27(24)32;/h5-14,20-21,30,32H,4,15-19H2,1-3H3,(H,31,33);1H. The Bertz CT molecular complexity index is 1290. The molecule has 0 heterocycles. The van der Waals surface area contributed by atoms with Crippen molar-refractivity contribution in [3.05, 3.63) is 83.4 Å². The van der Waals surface area contributed by atoms with Gasteiger partial charge in [-0.1, -0.05) is 55.5 Å². The van der Waals surface area contributed by atoms with Crippen LogP contribution < -0.4 is 14.8 Å². The van der Waals surface area contributed by atoms with Crippen LogP contribution in [0.25, 0.3) is 11.1 Å². The van der Waals surface area contributed by atoms with E-state index in [1.807, 2.05) is 44.2 Å². The smallest absolute Gasteiger partial charge is 0.268 e. The molecule has 1 amide bonds. The molecule has 7 nitrogen and oxygen atoms in total. The first kappa shape index (κ1) is 31.1. The normalized spacial score (nSPS) is 11.2. The second-order valence-electron chi connectivity index (χ2n) is 9.20. The molecule has 0 bridgehead atoms. The molecule has 0 aliphatic heterocycles. The van der Waals surface area contributed by atoms with Gasteiger partial charge in [0.1, 0.15) is 11.5 Å². The number of halogens is 1. The van der Waals surface area contributed by atoms with Gasteiger partial charge in [0, 0.05) is 0 Å². The van der Waals surface area contributed by atoms with E-state index >= 15 is 0 Å². The minimum Gasteiger partial charge on any atom is -0.508 e. The number of carbonyl (C=O) groups is 1. The van der Waals surface area contributed by atoms with Crippen molar-refractivity contribution in [1.82, 2.24) is 10.0 Å². The summed E-state index contributed by atoms with van der Waals surface area (Å²) in [5.41, 5.74) is 4.15. The van der Waals surface area contributed by atoms with Crippen molar-refractivity contribution in [2.24, 2.45) is 0 Å². The fourth-order valence-electron chi connectivity index (χ4n) is 3.92. The highest BCUT2D eigenvalue weighted by atomic mass is 35.5. The first-order valence-electron chi connectivity index (χ1n) is 12.6. The Kier molecular flexibility index (Phi) is 12.1. The minimum atomic E-state index is -3.69. The van der Waals surface area contributed by atoms with E-state index in [2.05, 4.69) is 22.2 Å². The van der Waals surface area contributed by atoms with E-state index in [1.165, 1.54) is 5.56 Å². The number of hydrogen-bond donors (Lipinski definition) is 3. The largest absolute Gasteiger partial charge is 0.508 e. The number of aromatic hydroxyl groups is 1. The Balaban J connectivity index is 0.00000507. The summed E-state index contributed by atoms with van der Waals surface area (Å²) in [6, 6.07) is 20.7. The summed E-state index contributed by atoms with van der Waals surface area (Å²) >= 11 is 0. The molecule has 0 fully saturated rings. The van der Waals surface area contributed by atoms with Crippen molar-refractivity contribution >= 4 is 28.3 Å². The third kappa shape index (κ3) is 9.35. The Morgan fingerprint density at radius 1 is 0.947 bits per heavy atom. The average Bonchev–Trinajstić information content (AvgIpc) is 2.84. The van der Waals surface area contributed by atoms with Crippen LogP contribution >= 0.6 is 12.4 Å². The minimum absolute atomic E-state index is 0. The van der Waals surface area contributed by atoms with Crippen LogP contribution in [-0.4, -0.2) is 44.4 Å². The third-order valence-electron chi connectivity index (χ3n) is 5.75. The molecule has 3 N–H and O–H groups in total. The number of nitrogens with one attached hydrogen (secondary N) is 2. The van der Waals surface area contributed by atoms with Gasteiger partial charge in [-0.15, -0.1) is 12.4 Å². The molecule has 0 aromatic heterocycles. The lowest BCUT2D eigenvalue weighted by molar-refractivity contribution is 0.0975. The van der Waals surface area contributed by atoms with Crippen molar-refractivity contribution in [2.45, 2.75) is 46.1 Å². The molecule has 9 heteroatoms. The average molecular weight is 561 g/mol. The maximum atomic E-state index is 12.7. The fourth-order valence-corrected chi connectivity index (χ4v) is 4.96. The molecular weight excluding hydrogens is 524 g/mol. The maximum Gasteiger partial charge on any atom is 0.268 e. The summed E-state index contributed by atoms with van der Waals surface area (Å²) in [6.07, 6.45) is 1.87. The van der Waals surface area contributed by atoms with Crippen molar-refractivity contribution in [3.63, 3.8) is 0 Å². The van der Waals surface area contributed by atoms with Crippen LogP contribution in [-0.2, 0) is 22.9 Å². The lowest BCUT2D eigenvalue weighted by atomic mass is 10.0. The number of rotatable bonds is 13. The van der Waals surface area contributed by atoms with Crippen LogP contribution in [0.5, 0.6) is 11.5 Å². The van der Waals surface area contributed by atoms with Crippen LogP contribution in [0.2, 0.25) is 0 Å². The molecule has 0 unspecified atom stereocenters. The molecule has 0 saturated carbocycles. The molecule has 0 atom stereocenters. The first-order valence-corrected chi connectivity index (χ1v) is 14.3. The van der Waals surface area contributed by atoms with E-state index in [4.69, 9.17) is 4.74 Å². The van der Waals surface area contributed by atoms with E-state index in [0.717, 1.165) is 42.6 Å². The van der Waals surface area contributed by atoms with Crippen LogP contribution in [0.15, 0.2) is 66.7 Å². The Labute approximate surface area is 232 Å². The van der Waals surface area contributed by atoms with Crippen LogP contribution in [0.4, 0.5) is 0 Å². The van der Waals surface area contributed by atoms with Crippen molar-refractivity contribution in [2.75, 3.05) is 18.8 Å². The van der Waals surface area contributed by atoms with E-state index in [1.54, 1.807) is 31.2 Å². The number of carbonyl (C=O) groups excluding carboxylic acids is 1. The van der Waals surface area contributed by atoms with Gasteiger partial charge in [0.25, 0.3) is 5.91 Å². The van der Waals surface area contributed by atoms with E-state index in [0.29, 0.717) is 17.9 Å². The van der Waals surface area contributed by atoms with Gasteiger partial charge in [-0.2, -0.15) is 0 Å². The van der Waals surface area contributed by atoms with Gasteiger partial charge in [-0.25, -0.2) is 13.1 Å². The van der Waals surface area contributed by atoms with Gasteiger partial charge < -0.3 is 15.2 Å². The zero-order valence-corrected chi connectivity index (χ0v) is 23.7. The third-order valence-corrected chi connectivity index (χ3v) is 7.19. The number of sulfonamides is 1. The second-order valence-corrected chi connectivity index (χ2v) is 11.0. The molecular formula is C29H37ClN2O5S. The predicted molar refractivity (Wildman–Crippen MR) is 155 cm³/mol. The molecule has 206 valence electrons. The van der Waals surface area contributed by atoms with Gasteiger partial charge in [0.05, 0.1) is 17.4 Å². The number of phenols is 1. The first-order chi connectivity index (χ1) is 17.7. The highest BCUT2D eigenvalue weighted by Gasteiger charge is 2.20. The summed E-state index contributed by atoms with van der Waals surface area (Å²) < 4.78 is 32.1. The molecule has 3 aromatic carbocycles. The van der Waals surface area contributed by atoms with E-state index in [9.17, 15) is 18.3 Å². The number of benzene rings is 3. The topological polar surface area (TPSA) is 105 Å². The summed E-state index contributed by atoms with van der Waals surface area (Å²) in [7, 11) is -3.69. The van der Waals surface area contributed by atoms with Crippen molar-refractivity contribution in [3.8, 4) is 22.6 Å². The van der Waals surface area contributed by atoms with Crippen LogP contribution in [0, 0.1) is 0 Å². The molecule has 0 aliphatic rings. The maximum absolute atomic E-state index is 12.7. The summed E-state index contributed by atoms with van der Waals surface area (Å²) in [6.45, 7) is 7.06. The molecule has 0 radical (unpaired) electrons. The molecule has 38 heavy (non-hydrogen) atoms. The van der Waals surface area contributed by atoms with E-state index in [-0.39, 0.29) is 29.8 Å². The van der Waals surface area contributed by atoms with E-state index < -0.39 is 15.9 Å². The Morgan fingerprint density at radius 2 is 1.61 bits per heavy atom. The molecule has 0 spiro atoms. The Hall–Kier alpha value is -3.07. The van der Waals surface area contributed by atoms with Crippen LogP contribution in [0.3, 0.4) is 0 Å². The highest BCUT2D eigenvalue weighted by molar-refractivity contribution is 7.90. The number of ether oxygens (including phenoxy) is 1. The second kappa shape index (κ2) is 14.8. The molecule has 3 rings (SSSR count). The molecule has 0 aliphatic carbocycles. The summed E-state index contributed by atoms with van der Waals surface area (Å²) in [4.78, 5) is 12.7. The van der Waals surface area contributed by atoms with Gasteiger partial charge in [-0.05, 0) is 86.7 Å². The molecule has 0 saturated heterocycles. The van der Waals surface area contributed by atoms with Gasteiger partial charge in [0.2, 0.25) is 10.0 Å². The predicted octanol–water partition coefficient (Wildman–Crippen LogP) is 5.11.